The van der Waals surface area contributed by atoms with Crippen LogP contribution in [0.25, 0.3) is 10.2 Å². The lowest BCUT2D eigenvalue weighted by atomic mass is 9.97. The number of benzene rings is 2. The molecule has 164 valence electrons. The van der Waals surface area contributed by atoms with Crippen molar-refractivity contribution in [2.24, 2.45) is 0 Å². The van der Waals surface area contributed by atoms with E-state index in [0.717, 1.165) is 40.4 Å². The first-order chi connectivity index (χ1) is 15.5. The molecule has 2 N–H and O–H groups in total. The first-order valence-electron chi connectivity index (χ1n) is 10.7. The molecule has 1 saturated heterocycles. The Kier molecular flexibility index (Phi) is 5.40. The lowest BCUT2D eigenvalue weighted by molar-refractivity contribution is 0.0532. The number of nitrogens with one attached hydrogen (secondary N) is 1. The summed E-state index contributed by atoms with van der Waals surface area (Å²) in [5.41, 5.74) is 1.08. The van der Waals surface area contributed by atoms with Gasteiger partial charge in [0.2, 0.25) is 0 Å². The Labute approximate surface area is 190 Å². The van der Waals surface area contributed by atoms with Gasteiger partial charge in [-0.25, -0.2) is 15.0 Å². The van der Waals surface area contributed by atoms with Crippen molar-refractivity contribution in [2.75, 3.05) is 16.8 Å². The Bertz CT molecular complexity index is 1190. The van der Waals surface area contributed by atoms with Crippen molar-refractivity contribution in [3.63, 3.8) is 0 Å². The zero-order valence-electron chi connectivity index (χ0n) is 18.0. The highest BCUT2D eigenvalue weighted by atomic mass is 32.1. The highest BCUT2D eigenvalue weighted by Gasteiger charge is 2.38. The van der Waals surface area contributed by atoms with Gasteiger partial charge in [-0.2, -0.15) is 0 Å². The molecule has 2 aromatic carbocycles. The quantitative estimate of drug-likeness (QED) is 0.411. The number of thiazole rings is 1. The number of ether oxygens (including phenoxy) is 1. The lowest BCUT2D eigenvalue weighted by Crippen LogP contribution is -2.46. The molecule has 7 nitrogen and oxygen atoms in total. The number of aromatic nitrogens is 3. The van der Waals surface area contributed by atoms with Crippen LogP contribution >= 0.6 is 11.3 Å². The molecule has 0 radical (unpaired) electrons. The molecule has 5 rings (SSSR count). The van der Waals surface area contributed by atoms with Gasteiger partial charge in [-0.05, 0) is 63.1 Å². The Morgan fingerprint density at radius 1 is 1.09 bits per heavy atom. The summed E-state index contributed by atoms with van der Waals surface area (Å²) in [4.78, 5) is 15.7. The third-order valence-electron chi connectivity index (χ3n) is 5.60. The van der Waals surface area contributed by atoms with E-state index in [1.807, 2.05) is 56.3 Å². The number of hydrogen-bond acceptors (Lipinski definition) is 8. The van der Waals surface area contributed by atoms with Crippen molar-refractivity contribution >= 4 is 38.2 Å². The molecule has 4 aromatic rings. The van der Waals surface area contributed by atoms with Crippen molar-refractivity contribution in [3.8, 4) is 11.6 Å². The zero-order valence-corrected chi connectivity index (χ0v) is 18.8. The molecule has 0 unspecified atom stereocenters. The van der Waals surface area contributed by atoms with Crippen LogP contribution in [0.5, 0.6) is 11.6 Å². The minimum absolute atomic E-state index is 0.0260. The van der Waals surface area contributed by atoms with Gasteiger partial charge in [0.05, 0.1) is 21.9 Å². The van der Waals surface area contributed by atoms with Gasteiger partial charge in [0.15, 0.2) is 10.9 Å². The molecular weight excluding hydrogens is 422 g/mol. The van der Waals surface area contributed by atoms with E-state index in [0.29, 0.717) is 17.4 Å². The molecule has 1 aliphatic heterocycles. The van der Waals surface area contributed by atoms with Crippen molar-refractivity contribution in [2.45, 2.75) is 38.3 Å². The number of aliphatic hydroxyl groups is 1. The summed E-state index contributed by atoms with van der Waals surface area (Å²) >= 11 is 1.62. The molecular formula is C24H25N5O2S. The molecule has 8 heteroatoms. The minimum Gasteiger partial charge on any atom is -0.436 e. The average molecular weight is 448 g/mol. The van der Waals surface area contributed by atoms with Crippen molar-refractivity contribution in [3.05, 3.63) is 60.9 Å². The molecule has 2 aromatic heterocycles. The number of nitrogens with zero attached hydrogens (tertiary/aromatic N) is 4. The van der Waals surface area contributed by atoms with E-state index in [9.17, 15) is 5.11 Å². The van der Waals surface area contributed by atoms with Gasteiger partial charge >= 0.3 is 0 Å². The summed E-state index contributed by atoms with van der Waals surface area (Å²) in [5.74, 6) is 1.77. The molecule has 0 saturated carbocycles. The monoisotopic (exact) mass is 447 g/mol. The highest BCUT2D eigenvalue weighted by molar-refractivity contribution is 7.22. The van der Waals surface area contributed by atoms with E-state index in [4.69, 9.17) is 4.74 Å². The third kappa shape index (κ3) is 4.24. The summed E-state index contributed by atoms with van der Waals surface area (Å²) in [5, 5.41) is 14.8. The Hall–Kier alpha value is -3.23. The van der Waals surface area contributed by atoms with Gasteiger partial charge in [-0.15, -0.1) is 0 Å². The second kappa shape index (κ2) is 8.37. The first-order valence-corrected chi connectivity index (χ1v) is 11.5. The standard InChI is InChI=1S/C24H25N5O2S/c1-24(2,30)20-8-5-15-29(20)21-22(26-14-13-25-21)31-17-11-9-16(10-12-17)27-23-28-18-6-3-4-7-19(18)32-23/h3-4,6-7,9-14,20,30H,5,8,15H2,1-2H3,(H,27,28)/t20-/m0/s1. The van der Waals surface area contributed by atoms with Crippen molar-refractivity contribution < 1.29 is 9.84 Å². The van der Waals surface area contributed by atoms with Crippen molar-refractivity contribution in [1.82, 2.24) is 15.0 Å². The lowest BCUT2D eigenvalue weighted by Gasteiger charge is -2.34. The van der Waals surface area contributed by atoms with E-state index in [1.54, 1.807) is 23.7 Å². The van der Waals surface area contributed by atoms with Crippen LogP contribution in [0.1, 0.15) is 26.7 Å². The molecule has 1 aliphatic rings. The molecule has 0 amide bonds. The van der Waals surface area contributed by atoms with Gasteiger partial charge < -0.3 is 20.1 Å². The van der Waals surface area contributed by atoms with E-state index in [-0.39, 0.29) is 6.04 Å². The highest BCUT2D eigenvalue weighted by Crippen LogP contribution is 2.36. The fourth-order valence-corrected chi connectivity index (χ4v) is 4.99. The zero-order chi connectivity index (χ0) is 22.1. The summed E-state index contributed by atoms with van der Waals surface area (Å²) < 4.78 is 7.25. The smallest absolute Gasteiger partial charge is 0.263 e. The van der Waals surface area contributed by atoms with E-state index in [2.05, 4.69) is 31.2 Å². The fraction of sp³-hybridized carbons (Fsp3) is 0.292. The van der Waals surface area contributed by atoms with Crippen LogP contribution in [0.2, 0.25) is 0 Å². The second-order valence-electron chi connectivity index (χ2n) is 8.43. The second-order valence-corrected chi connectivity index (χ2v) is 9.46. The topological polar surface area (TPSA) is 83.4 Å². The van der Waals surface area contributed by atoms with Gasteiger partial charge in [0, 0.05) is 24.6 Å². The van der Waals surface area contributed by atoms with Crippen LogP contribution in [0.3, 0.4) is 0 Å². The number of hydrogen-bond donors (Lipinski definition) is 2. The SMILES string of the molecule is CC(C)(O)[C@@H]1CCCN1c1nccnc1Oc1ccc(Nc2nc3ccccc3s2)cc1. The van der Waals surface area contributed by atoms with Crippen LogP contribution in [-0.2, 0) is 0 Å². The minimum atomic E-state index is -0.834. The van der Waals surface area contributed by atoms with Crippen LogP contribution < -0.4 is 15.0 Å². The predicted octanol–water partition coefficient (Wildman–Crippen LogP) is 5.36. The van der Waals surface area contributed by atoms with Crippen molar-refractivity contribution in [1.29, 1.82) is 0 Å². The Morgan fingerprint density at radius 2 is 1.88 bits per heavy atom. The van der Waals surface area contributed by atoms with E-state index in [1.165, 1.54) is 0 Å². The fourth-order valence-electron chi connectivity index (χ4n) is 4.11. The first kappa shape index (κ1) is 20.7. The van der Waals surface area contributed by atoms with Crippen LogP contribution in [-0.4, -0.2) is 38.2 Å². The summed E-state index contributed by atoms with van der Waals surface area (Å²) in [6, 6.07) is 15.7. The van der Waals surface area contributed by atoms with Crippen LogP contribution in [0.4, 0.5) is 16.6 Å². The van der Waals surface area contributed by atoms with E-state index < -0.39 is 5.60 Å². The number of para-hydroxylation sites is 1. The van der Waals surface area contributed by atoms with Crippen LogP contribution in [0, 0.1) is 0 Å². The maximum Gasteiger partial charge on any atom is 0.263 e. The molecule has 32 heavy (non-hydrogen) atoms. The Balaban J connectivity index is 1.33. The molecule has 3 heterocycles. The molecule has 1 fully saturated rings. The van der Waals surface area contributed by atoms with Gasteiger partial charge in [-0.1, -0.05) is 23.5 Å². The molecule has 0 bridgehead atoms. The van der Waals surface area contributed by atoms with Crippen LogP contribution in [0.15, 0.2) is 60.9 Å². The summed E-state index contributed by atoms with van der Waals surface area (Å²) in [6.07, 6.45) is 5.19. The molecule has 0 aliphatic carbocycles. The predicted molar refractivity (Wildman–Crippen MR) is 128 cm³/mol. The third-order valence-corrected chi connectivity index (χ3v) is 6.55. The van der Waals surface area contributed by atoms with E-state index >= 15 is 0 Å². The normalized spacial score (nSPS) is 16.5. The molecule has 0 spiro atoms. The number of anilines is 3. The number of rotatable bonds is 6. The summed E-state index contributed by atoms with van der Waals surface area (Å²) in [7, 11) is 0. The molecule has 1 atom stereocenters. The Morgan fingerprint density at radius 3 is 2.66 bits per heavy atom. The van der Waals surface area contributed by atoms with Gasteiger partial charge in [0.25, 0.3) is 5.88 Å². The van der Waals surface area contributed by atoms with Gasteiger partial charge in [0.1, 0.15) is 5.75 Å². The maximum atomic E-state index is 10.6. The average Bonchev–Trinajstić information content (AvgIpc) is 3.42. The number of fused-ring (bicyclic) bond motifs is 1. The van der Waals surface area contributed by atoms with Gasteiger partial charge in [-0.3, -0.25) is 0 Å². The largest absolute Gasteiger partial charge is 0.436 e. The maximum absolute atomic E-state index is 10.6. The summed E-state index contributed by atoms with van der Waals surface area (Å²) in [6.45, 7) is 4.49.